The van der Waals surface area contributed by atoms with Crippen LogP contribution in [-0.4, -0.2) is 37.1 Å². The summed E-state index contributed by atoms with van der Waals surface area (Å²) in [5.74, 6) is 0.301. The zero-order valence-electron chi connectivity index (χ0n) is 12.4. The minimum absolute atomic E-state index is 0.125. The van der Waals surface area contributed by atoms with Crippen molar-refractivity contribution in [3.05, 3.63) is 29.6 Å². The maximum atomic E-state index is 12.3. The molecule has 2 aromatic rings. The Labute approximate surface area is 151 Å². The van der Waals surface area contributed by atoms with Crippen LogP contribution in [0.25, 0.3) is 0 Å². The second kappa shape index (κ2) is 8.62. The van der Waals surface area contributed by atoms with E-state index in [-0.39, 0.29) is 10.7 Å². The molecule has 0 aliphatic rings. The molecule has 0 spiro atoms. The Kier molecular flexibility index (Phi) is 6.82. The van der Waals surface area contributed by atoms with Crippen LogP contribution in [0.15, 0.2) is 28.3 Å². The standard InChI is InChI=1S/C13H14ClN5OS3/c1-4-5-21-13-19-18-12(23-13)17-10(20)9-8(14)6-15-11(16-9)22-7(2)3/h4,6-7H,1,5H2,2-3H3,(H,17,18,20). The molecule has 0 radical (unpaired) electrons. The van der Waals surface area contributed by atoms with Gasteiger partial charge in [0.05, 0.1) is 11.2 Å². The van der Waals surface area contributed by atoms with E-state index in [1.54, 1.807) is 6.08 Å². The predicted molar refractivity (Wildman–Crippen MR) is 96.8 cm³/mol. The predicted octanol–water partition coefficient (Wildman–Crippen LogP) is 4.01. The fourth-order valence-electron chi connectivity index (χ4n) is 1.38. The van der Waals surface area contributed by atoms with Crippen LogP contribution in [0.1, 0.15) is 24.3 Å². The van der Waals surface area contributed by atoms with Crippen LogP contribution in [0, 0.1) is 0 Å². The van der Waals surface area contributed by atoms with Crippen LogP contribution in [0.4, 0.5) is 5.13 Å². The van der Waals surface area contributed by atoms with E-state index in [2.05, 4.69) is 32.1 Å². The molecule has 0 saturated carbocycles. The second-order valence-electron chi connectivity index (χ2n) is 4.44. The summed E-state index contributed by atoms with van der Waals surface area (Å²) in [6, 6.07) is 0. The third kappa shape index (κ3) is 5.45. The minimum Gasteiger partial charge on any atom is -0.295 e. The Morgan fingerprint density at radius 1 is 1.52 bits per heavy atom. The normalized spacial score (nSPS) is 10.8. The Hall–Kier alpha value is -1.16. The maximum absolute atomic E-state index is 12.3. The number of hydrogen-bond donors (Lipinski definition) is 1. The molecule has 0 atom stereocenters. The molecule has 0 aromatic carbocycles. The van der Waals surface area contributed by atoms with Crippen LogP contribution in [0.2, 0.25) is 5.02 Å². The molecular formula is C13H14ClN5OS3. The summed E-state index contributed by atoms with van der Waals surface area (Å²) >= 11 is 10.3. The molecule has 0 aliphatic carbocycles. The molecule has 1 amide bonds. The SMILES string of the molecule is C=CCSc1nnc(NC(=O)c2nc(SC(C)C)ncc2Cl)s1. The van der Waals surface area contributed by atoms with Crippen LogP contribution >= 0.6 is 46.5 Å². The summed E-state index contributed by atoms with van der Waals surface area (Å²) in [6.45, 7) is 7.68. The summed E-state index contributed by atoms with van der Waals surface area (Å²) in [4.78, 5) is 20.6. The Morgan fingerprint density at radius 2 is 2.30 bits per heavy atom. The van der Waals surface area contributed by atoms with Gasteiger partial charge in [-0.25, -0.2) is 9.97 Å². The average molecular weight is 388 g/mol. The van der Waals surface area contributed by atoms with Crippen molar-refractivity contribution < 1.29 is 4.79 Å². The lowest BCUT2D eigenvalue weighted by molar-refractivity contribution is 0.102. The highest BCUT2D eigenvalue weighted by atomic mass is 35.5. The summed E-state index contributed by atoms with van der Waals surface area (Å²) in [7, 11) is 0. The number of anilines is 1. The van der Waals surface area contributed by atoms with Gasteiger partial charge in [0.25, 0.3) is 5.91 Å². The van der Waals surface area contributed by atoms with Gasteiger partial charge in [-0.05, 0) is 0 Å². The first-order chi connectivity index (χ1) is 11.0. The van der Waals surface area contributed by atoms with E-state index in [9.17, 15) is 4.79 Å². The number of thioether (sulfide) groups is 2. The first-order valence-electron chi connectivity index (χ1n) is 6.57. The second-order valence-corrected chi connectivity index (χ2v) is 8.64. The highest BCUT2D eigenvalue weighted by molar-refractivity contribution is 8.01. The van der Waals surface area contributed by atoms with Gasteiger partial charge in [-0.2, -0.15) is 0 Å². The number of carbonyl (C=O) groups is 1. The van der Waals surface area contributed by atoms with E-state index in [1.807, 2.05) is 13.8 Å². The molecule has 2 rings (SSSR count). The van der Waals surface area contributed by atoms with Crippen molar-refractivity contribution in [2.24, 2.45) is 0 Å². The molecule has 0 unspecified atom stereocenters. The van der Waals surface area contributed by atoms with Gasteiger partial charge in [-0.3, -0.25) is 10.1 Å². The average Bonchev–Trinajstić information content (AvgIpc) is 2.94. The summed E-state index contributed by atoms with van der Waals surface area (Å²) < 4.78 is 0.755. The number of nitrogens with one attached hydrogen (secondary N) is 1. The molecule has 1 N–H and O–H groups in total. The van der Waals surface area contributed by atoms with E-state index >= 15 is 0 Å². The van der Waals surface area contributed by atoms with Gasteiger partial charge in [0.2, 0.25) is 5.13 Å². The lowest BCUT2D eigenvalue weighted by atomic mass is 10.4. The van der Waals surface area contributed by atoms with Gasteiger partial charge in [0.15, 0.2) is 15.2 Å². The van der Waals surface area contributed by atoms with Gasteiger partial charge in [0, 0.05) is 11.0 Å². The zero-order chi connectivity index (χ0) is 16.8. The van der Waals surface area contributed by atoms with Crippen molar-refractivity contribution in [2.75, 3.05) is 11.1 Å². The zero-order valence-corrected chi connectivity index (χ0v) is 15.7. The largest absolute Gasteiger partial charge is 0.295 e. The van der Waals surface area contributed by atoms with Gasteiger partial charge in [0.1, 0.15) is 0 Å². The van der Waals surface area contributed by atoms with Crippen molar-refractivity contribution in [2.45, 2.75) is 28.6 Å². The smallest absolute Gasteiger partial charge is 0.277 e. The number of rotatable bonds is 7. The van der Waals surface area contributed by atoms with E-state index in [4.69, 9.17) is 11.6 Å². The number of aromatic nitrogens is 4. The highest BCUT2D eigenvalue weighted by Gasteiger charge is 2.17. The molecule has 2 aromatic heterocycles. The molecule has 0 bridgehead atoms. The van der Waals surface area contributed by atoms with Crippen molar-refractivity contribution in [1.29, 1.82) is 0 Å². The Morgan fingerprint density at radius 3 is 3.00 bits per heavy atom. The molecule has 2 heterocycles. The summed E-state index contributed by atoms with van der Waals surface area (Å²) in [6.07, 6.45) is 3.21. The van der Waals surface area contributed by atoms with Gasteiger partial charge in [-0.15, -0.1) is 16.8 Å². The van der Waals surface area contributed by atoms with E-state index in [0.29, 0.717) is 15.5 Å². The van der Waals surface area contributed by atoms with Crippen LogP contribution in [-0.2, 0) is 0 Å². The topological polar surface area (TPSA) is 80.7 Å². The van der Waals surface area contributed by atoms with Crippen LogP contribution in [0.3, 0.4) is 0 Å². The molecule has 6 nitrogen and oxygen atoms in total. The minimum atomic E-state index is -0.431. The maximum Gasteiger partial charge on any atom is 0.277 e. The van der Waals surface area contributed by atoms with E-state index in [1.165, 1.54) is 41.1 Å². The van der Waals surface area contributed by atoms with Crippen molar-refractivity contribution in [1.82, 2.24) is 20.2 Å². The molecular weight excluding hydrogens is 374 g/mol. The number of hydrogen-bond acceptors (Lipinski definition) is 8. The van der Waals surface area contributed by atoms with E-state index in [0.717, 1.165) is 10.1 Å². The highest BCUT2D eigenvalue weighted by Crippen LogP contribution is 2.26. The summed E-state index contributed by atoms with van der Waals surface area (Å²) in [5.41, 5.74) is 0.125. The monoisotopic (exact) mass is 387 g/mol. The van der Waals surface area contributed by atoms with Crippen molar-refractivity contribution in [3.8, 4) is 0 Å². The molecule has 0 fully saturated rings. The molecule has 23 heavy (non-hydrogen) atoms. The molecule has 10 heteroatoms. The molecule has 0 aliphatic heterocycles. The lowest BCUT2D eigenvalue weighted by Crippen LogP contribution is -2.15. The lowest BCUT2D eigenvalue weighted by Gasteiger charge is -2.06. The Bertz CT molecular complexity index is 707. The number of nitrogens with zero attached hydrogens (tertiary/aromatic N) is 4. The van der Waals surface area contributed by atoms with Crippen LogP contribution in [0.5, 0.6) is 0 Å². The first-order valence-corrected chi connectivity index (χ1v) is 9.63. The third-order valence-electron chi connectivity index (χ3n) is 2.23. The molecule has 122 valence electrons. The van der Waals surface area contributed by atoms with Gasteiger partial charge < -0.3 is 0 Å². The fraction of sp³-hybridized carbons (Fsp3) is 0.308. The van der Waals surface area contributed by atoms with Crippen molar-refractivity contribution >= 4 is 57.5 Å². The molecule has 0 saturated heterocycles. The summed E-state index contributed by atoms with van der Waals surface area (Å²) in [5, 5.41) is 12.0. The van der Waals surface area contributed by atoms with Gasteiger partial charge >= 0.3 is 0 Å². The Balaban J connectivity index is 2.10. The number of halogens is 1. The number of carbonyl (C=O) groups excluding carboxylic acids is 1. The van der Waals surface area contributed by atoms with E-state index < -0.39 is 5.91 Å². The van der Waals surface area contributed by atoms with Crippen molar-refractivity contribution in [3.63, 3.8) is 0 Å². The fourth-order valence-corrected chi connectivity index (χ4v) is 3.75. The first kappa shape index (κ1) is 18.2. The quantitative estimate of drug-likeness (QED) is 0.332. The number of amides is 1. The van der Waals surface area contributed by atoms with Gasteiger partial charge in [-0.1, -0.05) is 66.4 Å². The van der Waals surface area contributed by atoms with Crippen LogP contribution < -0.4 is 5.32 Å². The third-order valence-corrected chi connectivity index (χ3v) is 5.35.